The molecule has 1 aromatic rings. The summed E-state index contributed by atoms with van der Waals surface area (Å²) < 4.78 is 2.06. The predicted molar refractivity (Wildman–Crippen MR) is 62.7 cm³/mol. The lowest BCUT2D eigenvalue weighted by molar-refractivity contribution is 0.165. The van der Waals surface area contributed by atoms with E-state index in [0.717, 1.165) is 18.8 Å². The number of nitrogens with zero attached hydrogens (tertiary/aromatic N) is 3. The van der Waals surface area contributed by atoms with Crippen LogP contribution in [-0.2, 0) is 13.5 Å². The van der Waals surface area contributed by atoms with Gasteiger partial charge in [-0.15, -0.1) is 0 Å². The molecule has 0 atom stereocenters. The number of aryl methyl sites for hydroxylation is 1. The maximum atomic E-state index is 5.72. The minimum Gasteiger partial charge on any atom is -0.338 e. The van der Waals surface area contributed by atoms with Crippen molar-refractivity contribution in [2.45, 2.75) is 25.8 Å². The molecule has 0 amide bonds. The molecule has 0 saturated carbocycles. The van der Waals surface area contributed by atoms with Crippen LogP contribution in [0.15, 0.2) is 12.4 Å². The number of likely N-dealkylation sites (N-methyl/N-ethyl adjacent to an activating group) is 1. The van der Waals surface area contributed by atoms with Crippen molar-refractivity contribution in [1.82, 2.24) is 14.5 Å². The van der Waals surface area contributed by atoms with Crippen LogP contribution < -0.4 is 5.73 Å². The summed E-state index contributed by atoms with van der Waals surface area (Å²) in [7, 11) is 4.13. The largest absolute Gasteiger partial charge is 0.338 e. The summed E-state index contributed by atoms with van der Waals surface area (Å²) in [6.45, 7) is 5.97. The summed E-state index contributed by atoms with van der Waals surface area (Å²) in [5.41, 5.74) is 5.78. The second-order valence-corrected chi connectivity index (χ2v) is 4.64. The Hall–Kier alpha value is -0.870. The summed E-state index contributed by atoms with van der Waals surface area (Å²) in [6.07, 6.45) is 4.77. The molecule has 0 radical (unpaired) electrons. The molecule has 1 heterocycles. The zero-order valence-corrected chi connectivity index (χ0v) is 10.2. The smallest absolute Gasteiger partial charge is 0.109 e. The third kappa shape index (κ3) is 3.04. The number of nitrogens with two attached hydrogens (primary N) is 1. The Labute approximate surface area is 92.1 Å². The molecule has 0 aliphatic rings. The van der Waals surface area contributed by atoms with Gasteiger partial charge in [0.2, 0.25) is 0 Å². The Kier molecular flexibility index (Phi) is 3.88. The highest BCUT2D eigenvalue weighted by Gasteiger charge is 2.21. The average molecular weight is 210 g/mol. The maximum absolute atomic E-state index is 5.72. The average Bonchev–Trinajstić information content (AvgIpc) is 2.60. The van der Waals surface area contributed by atoms with Gasteiger partial charge >= 0.3 is 0 Å². The van der Waals surface area contributed by atoms with Crippen molar-refractivity contribution in [3.63, 3.8) is 0 Å². The van der Waals surface area contributed by atoms with Gasteiger partial charge in [-0.25, -0.2) is 4.98 Å². The summed E-state index contributed by atoms with van der Waals surface area (Å²) >= 11 is 0. The number of rotatable bonds is 5. The topological polar surface area (TPSA) is 47.1 Å². The normalized spacial score (nSPS) is 12.4. The first-order chi connectivity index (χ1) is 6.97. The number of hydrogen-bond acceptors (Lipinski definition) is 3. The van der Waals surface area contributed by atoms with Crippen molar-refractivity contribution in [3.8, 4) is 0 Å². The monoisotopic (exact) mass is 210 g/mol. The van der Waals surface area contributed by atoms with Gasteiger partial charge in [0.25, 0.3) is 0 Å². The fourth-order valence-corrected chi connectivity index (χ4v) is 1.36. The molecule has 1 rings (SSSR count). The van der Waals surface area contributed by atoms with Crippen molar-refractivity contribution >= 4 is 0 Å². The molecule has 0 aliphatic carbocycles. The Morgan fingerprint density at radius 2 is 2.20 bits per heavy atom. The molecule has 0 spiro atoms. The molecule has 0 saturated heterocycles. The van der Waals surface area contributed by atoms with Crippen molar-refractivity contribution in [1.29, 1.82) is 0 Å². The molecule has 0 bridgehead atoms. The summed E-state index contributed by atoms with van der Waals surface area (Å²) in [6, 6.07) is 0. The first kappa shape index (κ1) is 12.2. The molecule has 0 aliphatic heterocycles. The molecule has 4 heteroatoms. The second kappa shape index (κ2) is 4.77. The van der Waals surface area contributed by atoms with Crippen molar-refractivity contribution < 1.29 is 0 Å². The number of hydrogen-bond donors (Lipinski definition) is 1. The van der Waals surface area contributed by atoms with Crippen LogP contribution in [0.2, 0.25) is 0 Å². The molecule has 1 aromatic heterocycles. The van der Waals surface area contributed by atoms with Crippen molar-refractivity contribution in [3.05, 3.63) is 18.2 Å². The molecular formula is C11H22N4. The van der Waals surface area contributed by atoms with E-state index in [9.17, 15) is 0 Å². The van der Waals surface area contributed by atoms with Crippen LogP contribution in [-0.4, -0.2) is 40.1 Å². The van der Waals surface area contributed by atoms with Crippen LogP contribution in [0.5, 0.6) is 0 Å². The lowest BCUT2D eigenvalue weighted by Gasteiger charge is -2.34. The van der Waals surface area contributed by atoms with Crippen molar-refractivity contribution in [2.24, 2.45) is 12.8 Å². The van der Waals surface area contributed by atoms with E-state index in [2.05, 4.69) is 35.3 Å². The fraction of sp³-hybridized carbons (Fsp3) is 0.727. The quantitative estimate of drug-likeness (QED) is 0.775. The van der Waals surface area contributed by atoms with E-state index in [-0.39, 0.29) is 5.54 Å². The van der Waals surface area contributed by atoms with Gasteiger partial charge < -0.3 is 10.3 Å². The van der Waals surface area contributed by atoms with Gasteiger partial charge in [0, 0.05) is 44.5 Å². The van der Waals surface area contributed by atoms with Gasteiger partial charge in [0.15, 0.2) is 0 Å². The van der Waals surface area contributed by atoms with Gasteiger partial charge in [-0.05, 0) is 20.9 Å². The zero-order chi connectivity index (χ0) is 11.5. The van der Waals surface area contributed by atoms with Crippen LogP contribution in [0.1, 0.15) is 19.7 Å². The van der Waals surface area contributed by atoms with E-state index in [1.54, 1.807) is 0 Å². The zero-order valence-electron chi connectivity index (χ0n) is 10.2. The molecular weight excluding hydrogens is 188 g/mol. The molecule has 0 fully saturated rings. The van der Waals surface area contributed by atoms with Crippen LogP contribution in [0.4, 0.5) is 0 Å². The van der Waals surface area contributed by atoms with Crippen LogP contribution in [0.25, 0.3) is 0 Å². The maximum Gasteiger partial charge on any atom is 0.109 e. The molecule has 4 nitrogen and oxygen atoms in total. The molecule has 2 N–H and O–H groups in total. The first-order valence-corrected chi connectivity index (χ1v) is 5.35. The summed E-state index contributed by atoms with van der Waals surface area (Å²) in [4.78, 5) is 6.58. The Bertz CT molecular complexity index is 303. The highest BCUT2D eigenvalue weighted by molar-refractivity contribution is 4.92. The van der Waals surface area contributed by atoms with Gasteiger partial charge in [-0.1, -0.05) is 0 Å². The Morgan fingerprint density at radius 1 is 1.53 bits per heavy atom. The van der Waals surface area contributed by atoms with E-state index in [4.69, 9.17) is 5.73 Å². The standard InChI is InChI=1S/C11H22N4/c1-11(2,9-12)15(4)7-5-10-13-6-8-14(10)3/h6,8H,5,7,9,12H2,1-4H3. The highest BCUT2D eigenvalue weighted by Crippen LogP contribution is 2.10. The molecule has 0 aromatic carbocycles. The molecule has 15 heavy (non-hydrogen) atoms. The van der Waals surface area contributed by atoms with E-state index in [0.29, 0.717) is 6.54 Å². The van der Waals surface area contributed by atoms with E-state index in [1.165, 1.54) is 0 Å². The Balaban J connectivity index is 2.48. The number of imidazole rings is 1. The van der Waals surface area contributed by atoms with Crippen LogP contribution >= 0.6 is 0 Å². The van der Waals surface area contributed by atoms with Crippen molar-refractivity contribution in [2.75, 3.05) is 20.1 Å². The van der Waals surface area contributed by atoms with Gasteiger partial charge in [-0.2, -0.15) is 0 Å². The van der Waals surface area contributed by atoms with Gasteiger partial charge in [-0.3, -0.25) is 4.90 Å². The summed E-state index contributed by atoms with van der Waals surface area (Å²) in [5.74, 6) is 1.12. The van der Waals surface area contributed by atoms with Gasteiger partial charge in [0.05, 0.1) is 0 Å². The second-order valence-electron chi connectivity index (χ2n) is 4.64. The lowest BCUT2D eigenvalue weighted by Crippen LogP contribution is -2.47. The third-order valence-electron chi connectivity index (χ3n) is 3.12. The van der Waals surface area contributed by atoms with Gasteiger partial charge in [0.1, 0.15) is 5.82 Å². The fourth-order valence-electron chi connectivity index (χ4n) is 1.36. The number of aromatic nitrogens is 2. The van der Waals surface area contributed by atoms with Crippen LogP contribution in [0, 0.1) is 0 Å². The predicted octanol–water partition coefficient (Wildman–Crippen LogP) is 0.632. The lowest BCUT2D eigenvalue weighted by atomic mass is 10.0. The molecule has 86 valence electrons. The minimum absolute atomic E-state index is 0.0607. The van der Waals surface area contributed by atoms with E-state index in [1.807, 2.05) is 19.4 Å². The minimum atomic E-state index is 0.0607. The molecule has 0 unspecified atom stereocenters. The Morgan fingerprint density at radius 3 is 2.67 bits per heavy atom. The van der Waals surface area contributed by atoms with E-state index >= 15 is 0 Å². The third-order valence-corrected chi connectivity index (χ3v) is 3.12. The highest BCUT2D eigenvalue weighted by atomic mass is 15.2. The van der Waals surface area contributed by atoms with E-state index < -0.39 is 0 Å². The summed E-state index contributed by atoms with van der Waals surface area (Å²) in [5, 5.41) is 0. The van der Waals surface area contributed by atoms with Crippen LogP contribution in [0.3, 0.4) is 0 Å². The SMILES string of the molecule is CN(CCc1nccn1C)C(C)(C)CN. The first-order valence-electron chi connectivity index (χ1n) is 5.35.